The summed E-state index contributed by atoms with van der Waals surface area (Å²) in [6.07, 6.45) is 3.07. The number of carbonyl (C=O) groups excluding carboxylic acids is 2. The van der Waals surface area contributed by atoms with Crippen LogP contribution in [0.4, 0.5) is 11.4 Å². The van der Waals surface area contributed by atoms with Gasteiger partial charge in [-0.25, -0.2) is 0 Å². The zero-order valence-electron chi connectivity index (χ0n) is 12.7. The number of hydrogen-bond acceptors (Lipinski definition) is 3. The van der Waals surface area contributed by atoms with E-state index in [1.807, 2.05) is 36.9 Å². The molecule has 114 valence electrons. The Kier molecular flexibility index (Phi) is 4.96. The van der Waals surface area contributed by atoms with E-state index in [2.05, 4.69) is 5.32 Å². The van der Waals surface area contributed by atoms with Crippen LogP contribution in [0.2, 0.25) is 0 Å². The molecule has 1 fully saturated rings. The van der Waals surface area contributed by atoms with Crippen molar-refractivity contribution in [3.63, 3.8) is 0 Å². The lowest BCUT2D eigenvalue weighted by Gasteiger charge is -2.19. The fraction of sp³-hybridized carbons (Fsp3) is 0.500. The molecule has 1 aliphatic rings. The van der Waals surface area contributed by atoms with Gasteiger partial charge in [0.25, 0.3) is 0 Å². The number of amides is 2. The summed E-state index contributed by atoms with van der Waals surface area (Å²) < 4.78 is 0. The average Bonchev–Trinajstić information content (AvgIpc) is 2.85. The number of anilines is 2. The monoisotopic (exact) mass is 289 g/mol. The van der Waals surface area contributed by atoms with Gasteiger partial charge in [0.15, 0.2) is 0 Å². The minimum atomic E-state index is -0.477. The molecule has 3 N–H and O–H groups in total. The third-order valence-electron chi connectivity index (χ3n) is 3.76. The Bertz CT molecular complexity index is 542. The third kappa shape index (κ3) is 3.61. The Morgan fingerprint density at radius 3 is 2.81 bits per heavy atom. The van der Waals surface area contributed by atoms with Gasteiger partial charge in [-0.15, -0.1) is 0 Å². The van der Waals surface area contributed by atoms with Crippen LogP contribution in [0.25, 0.3) is 0 Å². The quantitative estimate of drug-likeness (QED) is 0.872. The molecule has 0 radical (unpaired) electrons. The number of nitrogens with one attached hydrogen (secondary N) is 1. The maximum Gasteiger partial charge on any atom is 0.241 e. The molecule has 1 aromatic rings. The number of nitrogens with zero attached hydrogens (tertiary/aromatic N) is 1. The smallest absolute Gasteiger partial charge is 0.241 e. The third-order valence-corrected chi connectivity index (χ3v) is 3.76. The summed E-state index contributed by atoms with van der Waals surface area (Å²) in [4.78, 5) is 25.5. The highest BCUT2D eigenvalue weighted by Crippen LogP contribution is 2.27. The first-order chi connectivity index (χ1) is 10.0. The Labute approximate surface area is 125 Å². The van der Waals surface area contributed by atoms with E-state index in [0.717, 1.165) is 36.3 Å². The highest BCUT2D eigenvalue weighted by Gasteiger charge is 2.23. The summed E-state index contributed by atoms with van der Waals surface area (Å²) in [5.74, 6) is 0.00102. The first kappa shape index (κ1) is 15.5. The molecule has 2 rings (SSSR count). The molecule has 0 spiro atoms. The van der Waals surface area contributed by atoms with Crippen LogP contribution < -0.4 is 16.0 Å². The van der Waals surface area contributed by atoms with E-state index in [1.54, 1.807) is 0 Å². The van der Waals surface area contributed by atoms with Crippen LogP contribution in [0.15, 0.2) is 18.2 Å². The molecule has 1 unspecified atom stereocenters. The van der Waals surface area contributed by atoms with Gasteiger partial charge in [-0.05, 0) is 43.5 Å². The average molecular weight is 289 g/mol. The number of aryl methyl sites for hydroxylation is 1. The highest BCUT2D eigenvalue weighted by atomic mass is 16.2. The van der Waals surface area contributed by atoms with Gasteiger partial charge < -0.3 is 16.0 Å². The minimum Gasteiger partial charge on any atom is -0.325 e. The fourth-order valence-electron chi connectivity index (χ4n) is 2.62. The molecule has 0 aromatic heterocycles. The molecule has 1 saturated heterocycles. The second-order valence-corrected chi connectivity index (χ2v) is 5.53. The number of carbonyl (C=O) groups is 2. The first-order valence-electron chi connectivity index (χ1n) is 7.50. The van der Waals surface area contributed by atoms with E-state index in [1.165, 1.54) is 0 Å². The fourth-order valence-corrected chi connectivity index (χ4v) is 2.62. The van der Waals surface area contributed by atoms with Gasteiger partial charge in [-0.2, -0.15) is 0 Å². The summed E-state index contributed by atoms with van der Waals surface area (Å²) in [5, 5.41) is 2.83. The van der Waals surface area contributed by atoms with Gasteiger partial charge in [0.05, 0.1) is 6.04 Å². The summed E-state index contributed by atoms with van der Waals surface area (Å²) in [7, 11) is 0. The zero-order chi connectivity index (χ0) is 15.4. The van der Waals surface area contributed by atoms with Crippen molar-refractivity contribution < 1.29 is 9.59 Å². The van der Waals surface area contributed by atoms with Crippen molar-refractivity contribution in [3.05, 3.63) is 23.8 Å². The van der Waals surface area contributed by atoms with Gasteiger partial charge in [-0.1, -0.05) is 13.3 Å². The van der Waals surface area contributed by atoms with Crippen molar-refractivity contribution in [3.8, 4) is 0 Å². The first-order valence-corrected chi connectivity index (χ1v) is 7.50. The lowest BCUT2D eigenvalue weighted by Crippen LogP contribution is -2.35. The van der Waals surface area contributed by atoms with Crippen molar-refractivity contribution in [2.24, 2.45) is 5.73 Å². The van der Waals surface area contributed by atoms with Crippen molar-refractivity contribution in [2.75, 3.05) is 16.8 Å². The summed E-state index contributed by atoms with van der Waals surface area (Å²) in [6.45, 7) is 4.72. The Hall–Kier alpha value is -1.88. The topological polar surface area (TPSA) is 75.4 Å². The summed E-state index contributed by atoms with van der Waals surface area (Å²) >= 11 is 0. The van der Waals surface area contributed by atoms with Crippen LogP contribution in [-0.4, -0.2) is 24.4 Å². The van der Waals surface area contributed by atoms with E-state index in [-0.39, 0.29) is 11.8 Å². The molecule has 5 nitrogen and oxygen atoms in total. The Morgan fingerprint density at radius 1 is 1.48 bits per heavy atom. The SMILES string of the molecule is CCCC(N)C(=O)Nc1ccc(N2CCCC2=O)c(C)c1. The molecule has 2 amide bonds. The van der Waals surface area contributed by atoms with Crippen LogP contribution in [-0.2, 0) is 9.59 Å². The van der Waals surface area contributed by atoms with Crippen LogP contribution >= 0.6 is 0 Å². The number of nitrogens with two attached hydrogens (primary N) is 1. The second kappa shape index (κ2) is 6.72. The van der Waals surface area contributed by atoms with Gasteiger partial charge in [0.1, 0.15) is 0 Å². The summed E-state index contributed by atoms with van der Waals surface area (Å²) in [6, 6.07) is 5.12. The van der Waals surface area contributed by atoms with Crippen molar-refractivity contribution in [1.29, 1.82) is 0 Å². The van der Waals surface area contributed by atoms with Gasteiger partial charge in [0.2, 0.25) is 11.8 Å². The van der Waals surface area contributed by atoms with E-state index >= 15 is 0 Å². The van der Waals surface area contributed by atoms with E-state index < -0.39 is 6.04 Å². The zero-order valence-corrected chi connectivity index (χ0v) is 12.7. The Balaban J connectivity index is 2.08. The lowest BCUT2D eigenvalue weighted by molar-refractivity contribution is -0.118. The molecule has 1 aromatic carbocycles. The van der Waals surface area contributed by atoms with Crippen LogP contribution in [0, 0.1) is 6.92 Å². The molecule has 21 heavy (non-hydrogen) atoms. The van der Waals surface area contributed by atoms with E-state index in [9.17, 15) is 9.59 Å². The van der Waals surface area contributed by atoms with Crippen LogP contribution in [0.1, 0.15) is 38.2 Å². The van der Waals surface area contributed by atoms with E-state index in [0.29, 0.717) is 12.8 Å². The number of rotatable bonds is 5. The molecule has 1 aliphatic heterocycles. The minimum absolute atomic E-state index is 0.166. The molecule has 0 aliphatic carbocycles. The molecular formula is C16H23N3O2. The second-order valence-electron chi connectivity index (χ2n) is 5.53. The molecule has 5 heteroatoms. The number of benzene rings is 1. The van der Waals surface area contributed by atoms with Crippen molar-refractivity contribution in [1.82, 2.24) is 0 Å². The molecule has 1 heterocycles. The predicted octanol–water partition coefficient (Wildman–Crippen LogP) is 2.19. The number of hydrogen-bond donors (Lipinski definition) is 2. The van der Waals surface area contributed by atoms with Gasteiger partial charge in [0, 0.05) is 24.3 Å². The van der Waals surface area contributed by atoms with Crippen LogP contribution in [0.3, 0.4) is 0 Å². The molecule has 1 atom stereocenters. The lowest BCUT2D eigenvalue weighted by atomic mass is 10.1. The highest BCUT2D eigenvalue weighted by molar-refractivity contribution is 5.97. The van der Waals surface area contributed by atoms with Gasteiger partial charge >= 0.3 is 0 Å². The van der Waals surface area contributed by atoms with Crippen molar-refractivity contribution >= 4 is 23.2 Å². The van der Waals surface area contributed by atoms with Crippen LogP contribution in [0.5, 0.6) is 0 Å². The summed E-state index contributed by atoms with van der Waals surface area (Å²) in [5.41, 5.74) is 8.42. The van der Waals surface area contributed by atoms with E-state index in [4.69, 9.17) is 5.73 Å². The maximum atomic E-state index is 11.9. The standard InChI is InChI=1S/C16H23N3O2/c1-3-5-13(17)16(21)18-12-7-8-14(11(2)10-12)19-9-4-6-15(19)20/h7-8,10,13H,3-6,9,17H2,1-2H3,(H,18,21). The maximum absolute atomic E-state index is 11.9. The Morgan fingerprint density at radius 2 is 2.24 bits per heavy atom. The predicted molar refractivity (Wildman–Crippen MR) is 84.3 cm³/mol. The molecular weight excluding hydrogens is 266 g/mol. The molecule has 0 saturated carbocycles. The van der Waals surface area contributed by atoms with Crippen molar-refractivity contribution in [2.45, 2.75) is 45.6 Å². The largest absolute Gasteiger partial charge is 0.325 e. The van der Waals surface area contributed by atoms with Gasteiger partial charge in [-0.3, -0.25) is 9.59 Å². The normalized spacial score (nSPS) is 16.1. The molecule has 0 bridgehead atoms.